The average Bonchev–Trinajstić information content (AvgIpc) is 3.14. The molecule has 1 aliphatic carbocycles. The van der Waals surface area contributed by atoms with E-state index in [1.165, 1.54) is 38.5 Å². The van der Waals surface area contributed by atoms with Crippen LogP contribution >= 0.6 is 0 Å². The highest BCUT2D eigenvalue weighted by Crippen LogP contribution is 2.38. The third-order valence-electron chi connectivity index (χ3n) is 9.25. The Kier molecular flexibility index (Phi) is 13.2. The number of dihydropyridines is 1. The molecule has 0 saturated heterocycles. The second-order valence-electron chi connectivity index (χ2n) is 13.0. The molecule has 1 aliphatic heterocycles. The van der Waals surface area contributed by atoms with E-state index in [1.54, 1.807) is 30.6 Å². The molecule has 0 bridgehead atoms. The van der Waals surface area contributed by atoms with Crippen molar-refractivity contribution >= 4 is 40.3 Å². The van der Waals surface area contributed by atoms with Gasteiger partial charge in [-0.2, -0.15) is 0 Å². The predicted molar refractivity (Wildman–Crippen MR) is 204 cm³/mol. The second kappa shape index (κ2) is 18.1. The highest BCUT2D eigenvalue weighted by Gasteiger charge is 2.38. The van der Waals surface area contributed by atoms with E-state index < -0.39 is 0 Å². The lowest BCUT2D eigenvalue weighted by Crippen LogP contribution is -2.23. The number of aromatic nitrogens is 1. The van der Waals surface area contributed by atoms with E-state index in [-0.39, 0.29) is 22.7 Å². The SMILES string of the molecule is CCCCC(CC)COc1ccc(/N=C2C=C/C(=C3/C(=O)C(c4ccc(Nc5ccc(OCC(CC)CCCC)cc5)cn4)=C3O)N=C\2)cc1. The molecule has 2 unspecified atom stereocenters. The van der Waals surface area contributed by atoms with Crippen LogP contribution in [0.1, 0.15) is 84.8 Å². The number of benzene rings is 2. The molecule has 0 saturated carbocycles. The molecule has 2 heterocycles. The number of hydrogen-bond donors (Lipinski definition) is 2. The minimum atomic E-state index is -0.293. The van der Waals surface area contributed by atoms with Crippen molar-refractivity contribution in [2.75, 3.05) is 18.5 Å². The first-order valence-electron chi connectivity index (χ1n) is 18.1. The Hall–Kier alpha value is -4.98. The van der Waals surface area contributed by atoms with Gasteiger partial charge in [-0.3, -0.25) is 14.8 Å². The Morgan fingerprint density at radius 1 is 0.760 bits per heavy atom. The van der Waals surface area contributed by atoms with Crippen LogP contribution in [0.15, 0.2) is 106 Å². The normalized spacial score (nSPS) is 17.5. The first-order chi connectivity index (χ1) is 24.4. The molecule has 50 heavy (non-hydrogen) atoms. The van der Waals surface area contributed by atoms with Gasteiger partial charge in [-0.25, -0.2) is 4.99 Å². The van der Waals surface area contributed by atoms with Gasteiger partial charge in [-0.05, 0) is 97.5 Å². The van der Waals surface area contributed by atoms with Crippen molar-refractivity contribution in [3.05, 3.63) is 102 Å². The number of aliphatic hydroxyl groups is 1. The van der Waals surface area contributed by atoms with E-state index >= 15 is 0 Å². The van der Waals surface area contributed by atoms with Crippen LogP contribution in [0.4, 0.5) is 17.1 Å². The van der Waals surface area contributed by atoms with Gasteiger partial charge in [0.25, 0.3) is 0 Å². The number of ether oxygens (including phenoxy) is 2. The third kappa shape index (κ3) is 9.59. The Morgan fingerprint density at radius 3 is 1.86 bits per heavy atom. The van der Waals surface area contributed by atoms with Gasteiger partial charge < -0.3 is 19.9 Å². The van der Waals surface area contributed by atoms with Crippen molar-refractivity contribution in [3.63, 3.8) is 0 Å². The Morgan fingerprint density at radius 2 is 1.36 bits per heavy atom. The molecular weight excluding hydrogens is 624 g/mol. The molecule has 0 spiro atoms. The number of Topliss-reactive ketones (excluding diaryl/α,β-unsaturated/α-hetero) is 1. The molecule has 5 rings (SSSR count). The Balaban J connectivity index is 1.15. The number of carbonyl (C=O) groups excluding carboxylic acids is 1. The molecule has 2 atom stereocenters. The lowest BCUT2D eigenvalue weighted by atomic mass is 9.84. The lowest BCUT2D eigenvalue weighted by Gasteiger charge is -2.22. The third-order valence-corrected chi connectivity index (χ3v) is 9.25. The van der Waals surface area contributed by atoms with E-state index in [0.717, 1.165) is 54.6 Å². The van der Waals surface area contributed by atoms with Gasteiger partial charge in [-0.1, -0.05) is 66.2 Å². The summed E-state index contributed by atoms with van der Waals surface area (Å²) >= 11 is 0. The fourth-order valence-electron chi connectivity index (χ4n) is 5.89. The van der Waals surface area contributed by atoms with Crippen LogP contribution in [-0.4, -0.2) is 41.0 Å². The van der Waals surface area contributed by atoms with Crippen LogP contribution in [0.5, 0.6) is 11.5 Å². The number of nitrogens with one attached hydrogen (secondary N) is 1. The van der Waals surface area contributed by atoms with Crippen LogP contribution < -0.4 is 14.8 Å². The summed E-state index contributed by atoms with van der Waals surface area (Å²) in [6.07, 6.45) is 16.2. The Labute approximate surface area is 296 Å². The number of ketones is 1. The standard InChI is InChI=1S/C42H50N4O4/c1-5-9-11-29(7-3)27-49-35-19-13-31(14-20-35)45-33-17-23-37(43-25-33)39-41(47)40(42(39)48)38-24-18-34(26-44-38)46-32-15-21-36(22-16-32)50-28-30(8-4)12-10-6-2/h13-26,29-30,45,47H,5-12,27-28H2,1-4H3/b40-38-,46-34+. The summed E-state index contributed by atoms with van der Waals surface area (Å²) in [6, 6.07) is 19.1. The summed E-state index contributed by atoms with van der Waals surface area (Å²) in [4.78, 5) is 26.6. The summed E-state index contributed by atoms with van der Waals surface area (Å²) in [5.74, 6) is 2.44. The number of anilines is 2. The number of nitrogens with zero attached hydrogens (tertiary/aromatic N) is 3. The molecule has 262 valence electrons. The van der Waals surface area contributed by atoms with Gasteiger partial charge in [0.15, 0.2) is 0 Å². The van der Waals surface area contributed by atoms with Gasteiger partial charge in [-0.15, -0.1) is 0 Å². The molecule has 0 fully saturated rings. The highest BCUT2D eigenvalue weighted by molar-refractivity contribution is 6.40. The van der Waals surface area contributed by atoms with E-state index in [0.29, 0.717) is 28.9 Å². The molecular formula is C42H50N4O4. The van der Waals surface area contributed by atoms with E-state index in [1.807, 2.05) is 54.6 Å². The smallest absolute Gasteiger partial charge is 0.204 e. The van der Waals surface area contributed by atoms with Crippen molar-refractivity contribution in [2.45, 2.75) is 79.1 Å². The van der Waals surface area contributed by atoms with Crippen molar-refractivity contribution < 1.29 is 19.4 Å². The first kappa shape index (κ1) is 36.3. The molecule has 8 heteroatoms. The summed E-state index contributed by atoms with van der Waals surface area (Å²) in [5.41, 5.74) is 4.24. The number of aliphatic imine (C=N–C) groups is 2. The van der Waals surface area contributed by atoms with E-state index in [4.69, 9.17) is 9.47 Å². The fourth-order valence-corrected chi connectivity index (χ4v) is 5.89. The van der Waals surface area contributed by atoms with Crippen LogP contribution in [0.25, 0.3) is 5.57 Å². The van der Waals surface area contributed by atoms with Crippen LogP contribution in [0.3, 0.4) is 0 Å². The maximum Gasteiger partial charge on any atom is 0.204 e. The summed E-state index contributed by atoms with van der Waals surface area (Å²) in [6.45, 7) is 10.3. The Bertz CT molecular complexity index is 1720. The zero-order valence-corrected chi connectivity index (χ0v) is 29.8. The average molecular weight is 675 g/mol. The van der Waals surface area contributed by atoms with Gasteiger partial charge in [0.2, 0.25) is 5.78 Å². The molecule has 0 amide bonds. The highest BCUT2D eigenvalue weighted by atomic mass is 16.5. The van der Waals surface area contributed by atoms with Gasteiger partial charge in [0.1, 0.15) is 17.3 Å². The van der Waals surface area contributed by atoms with Crippen molar-refractivity contribution in [2.24, 2.45) is 21.8 Å². The topological polar surface area (TPSA) is 105 Å². The zero-order chi connectivity index (χ0) is 35.3. The summed E-state index contributed by atoms with van der Waals surface area (Å²) < 4.78 is 12.0. The number of rotatable bonds is 18. The molecule has 3 aromatic rings. The number of unbranched alkanes of at least 4 members (excludes halogenated alkanes) is 2. The largest absolute Gasteiger partial charge is 0.506 e. The molecule has 2 aromatic carbocycles. The number of carbonyl (C=O) groups is 1. The number of hydrogen-bond acceptors (Lipinski definition) is 8. The van der Waals surface area contributed by atoms with E-state index in [2.05, 4.69) is 48.0 Å². The molecule has 2 aliphatic rings. The second-order valence-corrected chi connectivity index (χ2v) is 13.0. The number of aliphatic hydroxyl groups excluding tert-OH is 1. The van der Waals surface area contributed by atoms with Crippen LogP contribution in [0, 0.1) is 11.8 Å². The zero-order valence-electron chi connectivity index (χ0n) is 29.8. The quantitative estimate of drug-likeness (QED) is 0.130. The van der Waals surface area contributed by atoms with Gasteiger partial charge >= 0.3 is 0 Å². The first-order valence-corrected chi connectivity index (χ1v) is 18.1. The minimum Gasteiger partial charge on any atom is -0.506 e. The monoisotopic (exact) mass is 674 g/mol. The number of pyridine rings is 1. The summed E-state index contributed by atoms with van der Waals surface area (Å²) in [5, 5.41) is 14.2. The molecule has 0 radical (unpaired) electrons. The molecule has 2 N–H and O–H groups in total. The summed E-state index contributed by atoms with van der Waals surface area (Å²) in [7, 11) is 0. The lowest BCUT2D eigenvalue weighted by molar-refractivity contribution is -0.111. The molecule has 1 aromatic heterocycles. The van der Waals surface area contributed by atoms with Gasteiger partial charge in [0, 0.05) is 5.69 Å². The van der Waals surface area contributed by atoms with Crippen molar-refractivity contribution in [1.82, 2.24) is 4.98 Å². The minimum absolute atomic E-state index is 0.105. The fraction of sp³-hybridized carbons (Fsp3) is 0.381. The van der Waals surface area contributed by atoms with Crippen molar-refractivity contribution in [1.29, 1.82) is 0 Å². The van der Waals surface area contributed by atoms with Crippen LogP contribution in [0.2, 0.25) is 0 Å². The van der Waals surface area contributed by atoms with E-state index in [9.17, 15) is 9.90 Å². The maximum absolute atomic E-state index is 13.1. The van der Waals surface area contributed by atoms with Gasteiger partial charge in [0.05, 0.1) is 65.2 Å². The van der Waals surface area contributed by atoms with Crippen LogP contribution in [-0.2, 0) is 4.79 Å². The maximum atomic E-state index is 13.1. The van der Waals surface area contributed by atoms with Crippen molar-refractivity contribution in [3.8, 4) is 11.5 Å². The predicted octanol–water partition coefficient (Wildman–Crippen LogP) is 10.5. The molecule has 8 nitrogen and oxygen atoms in total. The number of allylic oxidation sites excluding steroid dienone is 4.